The molecule has 0 saturated carbocycles. The predicted octanol–water partition coefficient (Wildman–Crippen LogP) is 2.36. The third-order valence-corrected chi connectivity index (χ3v) is 2.40. The van der Waals surface area contributed by atoms with Crippen LogP contribution in [0.25, 0.3) is 11.1 Å². The molecule has 0 spiro atoms. The lowest BCUT2D eigenvalue weighted by atomic mass is 10.2. The zero-order valence-corrected chi connectivity index (χ0v) is 12.7. The van der Waals surface area contributed by atoms with Gasteiger partial charge in [0.25, 0.3) is 10.1 Å². The van der Waals surface area contributed by atoms with Gasteiger partial charge in [-0.1, -0.05) is 30.3 Å². The molecule has 0 aromatic heterocycles. The molecule has 1 aromatic rings. The van der Waals surface area contributed by atoms with E-state index in [0.717, 1.165) is 12.9 Å². The monoisotopic (exact) mass is 310 g/mol. The number of hydrogen-bond acceptors (Lipinski definition) is 4. The quantitative estimate of drug-likeness (QED) is 0.726. The van der Waals surface area contributed by atoms with Crippen LogP contribution in [-0.2, 0) is 16.7 Å². The molecule has 5 nitrogen and oxygen atoms in total. The summed E-state index contributed by atoms with van der Waals surface area (Å²) in [6, 6.07) is 16.5. The Kier molecular flexibility index (Phi) is 6.36. The first-order chi connectivity index (χ1) is 9.92. The average molecular weight is 310 g/mol. The molecule has 0 aliphatic heterocycles. The summed E-state index contributed by atoms with van der Waals surface area (Å²) < 4.78 is 31.5. The van der Waals surface area contributed by atoms with Crippen LogP contribution in [-0.4, -0.2) is 31.4 Å². The summed E-state index contributed by atoms with van der Waals surface area (Å²) in [6.45, 7) is 0.656. The molecule has 0 fully saturated rings. The van der Waals surface area contributed by atoms with Gasteiger partial charge in [0.05, 0.1) is 6.26 Å². The largest absolute Gasteiger partial charge is 0.489 e. The van der Waals surface area contributed by atoms with Crippen molar-refractivity contribution in [2.75, 3.05) is 13.4 Å². The highest BCUT2D eigenvalue weighted by atomic mass is 32.2. The Morgan fingerprint density at radius 1 is 1.00 bits per heavy atom. The lowest BCUT2D eigenvalue weighted by Crippen LogP contribution is -1.93. The van der Waals surface area contributed by atoms with Crippen LogP contribution >= 0.6 is 0 Å². The second-order valence-corrected chi connectivity index (χ2v) is 5.72. The van der Waals surface area contributed by atoms with E-state index in [2.05, 4.69) is 30.3 Å². The molecule has 0 bridgehead atoms. The maximum Gasteiger partial charge on any atom is 0.261 e. The molecule has 21 heavy (non-hydrogen) atoms. The van der Waals surface area contributed by atoms with Crippen molar-refractivity contribution >= 4 is 10.1 Å². The third-order valence-electron chi connectivity index (χ3n) is 2.40. The fourth-order valence-corrected chi connectivity index (χ4v) is 1.55. The van der Waals surface area contributed by atoms with E-state index >= 15 is 0 Å². The molecule has 3 rings (SSSR count). The number of aliphatic hydroxyl groups excluding tert-OH is 1. The van der Waals surface area contributed by atoms with Crippen molar-refractivity contribution < 1.29 is 22.8 Å². The van der Waals surface area contributed by atoms with Gasteiger partial charge >= 0.3 is 0 Å². The Labute approximate surface area is 124 Å². The fraction of sp³-hybridized carbons (Fsp3) is 0.200. The molecule has 2 N–H and O–H groups in total. The number of fused-ring (bicyclic) bond motifs is 1. The second-order valence-electron chi connectivity index (χ2n) is 4.25. The zero-order valence-electron chi connectivity index (χ0n) is 11.9. The van der Waals surface area contributed by atoms with Crippen molar-refractivity contribution in [2.24, 2.45) is 0 Å². The number of hydrogen-bond donors (Lipinski definition) is 2. The van der Waals surface area contributed by atoms with E-state index in [1.54, 1.807) is 0 Å². The minimum absolute atomic E-state index is 0.656. The van der Waals surface area contributed by atoms with Crippen molar-refractivity contribution in [3.63, 3.8) is 0 Å². The smallest absolute Gasteiger partial charge is 0.261 e. The van der Waals surface area contributed by atoms with Crippen LogP contribution < -0.4 is 4.74 Å². The number of aliphatic hydroxyl groups is 1. The minimum Gasteiger partial charge on any atom is -0.489 e. The van der Waals surface area contributed by atoms with E-state index in [1.807, 2.05) is 18.2 Å². The van der Waals surface area contributed by atoms with Gasteiger partial charge in [-0.25, -0.2) is 0 Å². The Bertz CT molecular complexity index is 635. The SMILES string of the molecule is CO.CS(=O)(=O)O.c1ccc(COc2cc3cc-3c2)cc1. The summed E-state index contributed by atoms with van der Waals surface area (Å²) in [5, 5.41) is 7.00. The van der Waals surface area contributed by atoms with Gasteiger partial charge < -0.3 is 9.84 Å². The van der Waals surface area contributed by atoms with Crippen molar-refractivity contribution in [3.8, 4) is 16.9 Å². The number of benzene rings is 2. The van der Waals surface area contributed by atoms with Crippen molar-refractivity contribution in [2.45, 2.75) is 6.61 Å². The zero-order chi connectivity index (χ0) is 15.9. The fourth-order valence-electron chi connectivity index (χ4n) is 1.55. The number of rotatable bonds is 3. The van der Waals surface area contributed by atoms with Crippen LogP contribution in [0.3, 0.4) is 0 Å². The average Bonchev–Trinajstić information content (AvgIpc) is 3.05. The molecule has 6 heteroatoms. The topological polar surface area (TPSA) is 83.8 Å². The summed E-state index contributed by atoms with van der Waals surface area (Å²) in [6.07, 6.45) is 0.715. The Morgan fingerprint density at radius 2 is 1.48 bits per heavy atom. The van der Waals surface area contributed by atoms with Crippen LogP contribution in [0.4, 0.5) is 0 Å². The maximum absolute atomic E-state index is 9.19. The van der Waals surface area contributed by atoms with E-state index in [9.17, 15) is 8.42 Å². The highest BCUT2D eigenvalue weighted by Gasteiger charge is 2.14. The van der Waals surface area contributed by atoms with E-state index in [0.29, 0.717) is 12.9 Å². The molecule has 0 radical (unpaired) electrons. The molecule has 0 atom stereocenters. The van der Waals surface area contributed by atoms with Gasteiger partial charge in [-0.3, -0.25) is 4.55 Å². The van der Waals surface area contributed by atoms with Gasteiger partial charge in [-0.15, -0.1) is 0 Å². The van der Waals surface area contributed by atoms with Crippen molar-refractivity contribution in [3.05, 3.63) is 54.1 Å². The van der Waals surface area contributed by atoms with Gasteiger partial charge in [-0.2, -0.15) is 8.42 Å². The first-order valence-corrected chi connectivity index (χ1v) is 7.96. The van der Waals surface area contributed by atoms with Crippen LogP contribution in [0.1, 0.15) is 5.56 Å². The van der Waals surface area contributed by atoms with E-state index < -0.39 is 10.1 Å². The maximum atomic E-state index is 9.19. The molecular weight excluding hydrogens is 292 g/mol. The summed E-state index contributed by atoms with van der Waals surface area (Å²) in [7, 11) is -2.67. The molecular formula is C15H18O5S. The highest BCUT2D eigenvalue weighted by molar-refractivity contribution is 7.85. The molecule has 2 aliphatic carbocycles. The molecule has 0 saturated heterocycles. The van der Waals surface area contributed by atoms with E-state index in [4.69, 9.17) is 14.4 Å². The minimum atomic E-state index is -3.67. The summed E-state index contributed by atoms with van der Waals surface area (Å²) in [5.41, 5.74) is 3.86. The van der Waals surface area contributed by atoms with Gasteiger partial charge in [0.15, 0.2) is 0 Å². The normalized spacial score (nSPS) is 10.5. The lowest BCUT2D eigenvalue weighted by molar-refractivity contribution is 0.307. The van der Waals surface area contributed by atoms with Crippen LogP contribution in [0.5, 0.6) is 5.75 Å². The highest BCUT2D eigenvalue weighted by Crippen LogP contribution is 2.39. The van der Waals surface area contributed by atoms with Gasteiger partial charge in [0.2, 0.25) is 0 Å². The first-order valence-electron chi connectivity index (χ1n) is 6.11. The van der Waals surface area contributed by atoms with Crippen LogP contribution in [0, 0.1) is 0 Å². The standard InChI is InChI=1S/C13H10O.CH4O3S.CH4O/c1-2-4-10(5-3-1)9-14-13-7-11-6-12(11)8-13;1-5(2,3)4;1-2/h1-8H,9H2;1H3,(H,2,3,4);2H,1H3. The van der Waals surface area contributed by atoms with E-state index in [-0.39, 0.29) is 0 Å². The lowest BCUT2D eigenvalue weighted by Gasteiger charge is -2.03. The molecule has 2 aliphatic rings. The van der Waals surface area contributed by atoms with Crippen molar-refractivity contribution in [1.29, 1.82) is 0 Å². The van der Waals surface area contributed by atoms with Gasteiger partial charge in [-0.05, 0) is 34.9 Å². The molecule has 0 amide bonds. The third kappa shape index (κ3) is 7.45. The van der Waals surface area contributed by atoms with Gasteiger partial charge in [0, 0.05) is 7.11 Å². The van der Waals surface area contributed by atoms with Crippen LogP contribution in [0.2, 0.25) is 0 Å². The Hall–Kier alpha value is -1.89. The first kappa shape index (κ1) is 17.2. The molecule has 1 aromatic carbocycles. The van der Waals surface area contributed by atoms with Gasteiger partial charge in [0.1, 0.15) is 12.4 Å². The second kappa shape index (κ2) is 7.78. The molecule has 0 heterocycles. The number of ether oxygens (including phenoxy) is 1. The Balaban J connectivity index is 0.000000272. The summed E-state index contributed by atoms with van der Waals surface area (Å²) in [5.74, 6) is 0.987. The van der Waals surface area contributed by atoms with E-state index in [1.165, 1.54) is 16.7 Å². The Morgan fingerprint density at radius 3 is 1.95 bits per heavy atom. The molecule has 0 unspecified atom stereocenters. The predicted molar refractivity (Wildman–Crippen MR) is 81.8 cm³/mol. The van der Waals surface area contributed by atoms with Crippen LogP contribution in [0.15, 0.2) is 48.5 Å². The molecule has 114 valence electrons. The summed E-state index contributed by atoms with van der Waals surface area (Å²) >= 11 is 0. The summed E-state index contributed by atoms with van der Waals surface area (Å²) in [4.78, 5) is 0. The van der Waals surface area contributed by atoms with Crippen molar-refractivity contribution in [1.82, 2.24) is 0 Å².